The van der Waals surface area contributed by atoms with Gasteiger partial charge in [-0.15, -0.1) is 0 Å². The van der Waals surface area contributed by atoms with Crippen LogP contribution in [0.1, 0.15) is 43.1 Å². The number of rotatable bonds is 5. The summed E-state index contributed by atoms with van der Waals surface area (Å²) < 4.78 is 16.1. The van der Waals surface area contributed by atoms with Gasteiger partial charge in [0.2, 0.25) is 11.7 Å². The van der Waals surface area contributed by atoms with Crippen LogP contribution in [-0.4, -0.2) is 47.0 Å². The Hall–Kier alpha value is -2.12. The first-order valence-corrected chi connectivity index (χ1v) is 8.10. The van der Waals surface area contributed by atoms with Crippen molar-refractivity contribution in [1.82, 2.24) is 15.0 Å². The zero-order valence-corrected chi connectivity index (χ0v) is 14.2. The number of aromatic nitrogens is 2. The van der Waals surface area contributed by atoms with Crippen molar-refractivity contribution < 1.29 is 19.1 Å². The van der Waals surface area contributed by atoms with E-state index in [0.717, 1.165) is 12.1 Å². The Bertz CT molecular complexity index is 686. The maximum absolute atomic E-state index is 9.90. The highest BCUT2D eigenvalue weighted by atomic mass is 16.5. The smallest absolute Gasteiger partial charge is 0.229 e. The van der Waals surface area contributed by atoms with Crippen molar-refractivity contribution in [3.8, 4) is 11.5 Å². The molecule has 2 heterocycles. The molecule has 1 aromatic heterocycles. The van der Waals surface area contributed by atoms with E-state index in [9.17, 15) is 5.11 Å². The largest absolute Gasteiger partial charge is 0.504 e. The lowest BCUT2D eigenvalue weighted by Gasteiger charge is -2.31. The van der Waals surface area contributed by atoms with E-state index in [-0.39, 0.29) is 17.8 Å². The predicted octanol–water partition coefficient (Wildman–Crippen LogP) is 2.48. The Kier molecular flexibility index (Phi) is 5.01. The first-order chi connectivity index (χ1) is 11.6. The van der Waals surface area contributed by atoms with Crippen LogP contribution in [-0.2, 0) is 11.3 Å². The minimum Gasteiger partial charge on any atom is -0.504 e. The minimum absolute atomic E-state index is 0.152. The van der Waals surface area contributed by atoms with Gasteiger partial charge in [-0.05, 0) is 17.7 Å². The summed E-state index contributed by atoms with van der Waals surface area (Å²) in [5, 5.41) is 14.0. The molecule has 0 saturated carbocycles. The van der Waals surface area contributed by atoms with Gasteiger partial charge in [-0.25, -0.2) is 0 Å². The van der Waals surface area contributed by atoms with E-state index >= 15 is 0 Å². The average molecular weight is 333 g/mol. The van der Waals surface area contributed by atoms with Crippen LogP contribution in [0.15, 0.2) is 22.7 Å². The molecule has 0 amide bonds. The second kappa shape index (κ2) is 7.19. The molecule has 1 aliphatic rings. The standard InChI is InChI=1S/C17H23N3O4/c1-11(2)17-18-16(19-24-17)15-10-20(6-7-23-15)9-12-4-5-14(22-3)13(21)8-12/h4-5,8,11,15,21H,6-7,9-10H2,1-3H3/t15-/m1/s1. The number of hydrogen-bond donors (Lipinski definition) is 1. The van der Waals surface area contributed by atoms with Crippen LogP contribution in [0.25, 0.3) is 0 Å². The zero-order chi connectivity index (χ0) is 17.1. The SMILES string of the molecule is COc1ccc(CN2CCO[C@@H](c3noc(C(C)C)n3)C2)cc1O. The molecule has 7 heteroatoms. The number of methoxy groups -OCH3 is 1. The summed E-state index contributed by atoms with van der Waals surface area (Å²) in [6.45, 7) is 6.86. The number of benzene rings is 1. The summed E-state index contributed by atoms with van der Waals surface area (Å²) >= 11 is 0. The number of hydrogen-bond acceptors (Lipinski definition) is 7. The monoisotopic (exact) mass is 333 g/mol. The van der Waals surface area contributed by atoms with E-state index in [0.29, 0.717) is 37.2 Å². The quantitative estimate of drug-likeness (QED) is 0.900. The van der Waals surface area contributed by atoms with Gasteiger partial charge < -0.3 is 19.1 Å². The van der Waals surface area contributed by atoms with Gasteiger partial charge in [0.05, 0.1) is 13.7 Å². The van der Waals surface area contributed by atoms with E-state index in [4.69, 9.17) is 14.0 Å². The van der Waals surface area contributed by atoms with Gasteiger partial charge in [0, 0.05) is 25.6 Å². The lowest BCUT2D eigenvalue weighted by Crippen LogP contribution is -2.38. The lowest BCUT2D eigenvalue weighted by molar-refractivity contribution is -0.0380. The molecule has 0 radical (unpaired) electrons. The van der Waals surface area contributed by atoms with Crippen molar-refractivity contribution in [2.75, 3.05) is 26.8 Å². The van der Waals surface area contributed by atoms with Crippen molar-refractivity contribution in [1.29, 1.82) is 0 Å². The molecular weight excluding hydrogens is 310 g/mol. The Morgan fingerprint density at radius 2 is 2.25 bits per heavy atom. The molecule has 1 N–H and O–H groups in total. The van der Waals surface area contributed by atoms with Crippen LogP contribution in [0.3, 0.4) is 0 Å². The molecule has 0 unspecified atom stereocenters. The van der Waals surface area contributed by atoms with Crippen LogP contribution in [0.5, 0.6) is 11.5 Å². The number of aromatic hydroxyl groups is 1. The summed E-state index contributed by atoms with van der Waals surface area (Å²) in [5.74, 6) is 2.06. The summed E-state index contributed by atoms with van der Waals surface area (Å²) in [6, 6.07) is 5.46. The van der Waals surface area contributed by atoms with Gasteiger partial charge >= 0.3 is 0 Å². The fraction of sp³-hybridized carbons (Fsp3) is 0.529. The molecule has 2 aromatic rings. The number of phenolic OH excluding ortho intramolecular Hbond substituents is 1. The average Bonchev–Trinajstić information content (AvgIpc) is 3.06. The lowest BCUT2D eigenvalue weighted by atomic mass is 10.1. The highest BCUT2D eigenvalue weighted by molar-refractivity contribution is 5.41. The number of nitrogens with zero attached hydrogens (tertiary/aromatic N) is 3. The predicted molar refractivity (Wildman–Crippen MR) is 87.0 cm³/mol. The highest BCUT2D eigenvalue weighted by Crippen LogP contribution is 2.28. The zero-order valence-electron chi connectivity index (χ0n) is 14.2. The maximum Gasteiger partial charge on any atom is 0.229 e. The Morgan fingerprint density at radius 3 is 2.92 bits per heavy atom. The Morgan fingerprint density at radius 1 is 1.42 bits per heavy atom. The third-order valence-electron chi connectivity index (χ3n) is 4.04. The molecule has 130 valence electrons. The summed E-state index contributed by atoms with van der Waals surface area (Å²) in [5.41, 5.74) is 1.02. The highest BCUT2D eigenvalue weighted by Gasteiger charge is 2.26. The van der Waals surface area contributed by atoms with Gasteiger partial charge in [0.1, 0.15) is 6.10 Å². The molecule has 1 atom stereocenters. The minimum atomic E-state index is -0.193. The molecule has 1 fully saturated rings. The maximum atomic E-state index is 9.90. The van der Waals surface area contributed by atoms with Crippen LogP contribution >= 0.6 is 0 Å². The van der Waals surface area contributed by atoms with E-state index in [1.807, 2.05) is 19.9 Å². The van der Waals surface area contributed by atoms with Gasteiger partial charge in [0.15, 0.2) is 11.5 Å². The van der Waals surface area contributed by atoms with Gasteiger partial charge in [-0.3, -0.25) is 4.90 Å². The van der Waals surface area contributed by atoms with Crippen molar-refractivity contribution >= 4 is 0 Å². The van der Waals surface area contributed by atoms with E-state index < -0.39 is 0 Å². The molecule has 0 bridgehead atoms. The molecule has 0 spiro atoms. The summed E-state index contributed by atoms with van der Waals surface area (Å²) in [7, 11) is 1.54. The topological polar surface area (TPSA) is 80.9 Å². The van der Waals surface area contributed by atoms with E-state index in [1.165, 1.54) is 7.11 Å². The van der Waals surface area contributed by atoms with Crippen LogP contribution < -0.4 is 4.74 Å². The van der Waals surface area contributed by atoms with Gasteiger partial charge in [-0.1, -0.05) is 25.1 Å². The fourth-order valence-corrected chi connectivity index (χ4v) is 2.71. The third kappa shape index (κ3) is 3.68. The van der Waals surface area contributed by atoms with Crippen LogP contribution in [0.2, 0.25) is 0 Å². The van der Waals surface area contributed by atoms with Crippen LogP contribution in [0, 0.1) is 0 Å². The van der Waals surface area contributed by atoms with Crippen molar-refractivity contribution in [3.63, 3.8) is 0 Å². The van der Waals surface area contributed by atoms with E-state index in [2.05, 4.69) is 15.0 Å². The Balaban J connectivity index is 1.65. The van der Waals surface area contributed by atoms with E-state index in [1.54, 1.807) is 12.1 Å². The summed E-state index contributed by atoms with van der Waals surface area (Å²) in [4.78, 5) is 6.68. The Labute approximate surface area is 141 Å². The molecule has 0 aliphatic carbocycles. The molecular formula is C17H23N3O4. The molecule has 3 rings (SSSR count). The summed E-state index contributed by atoms with van der Waals surface area (Å²) in [6.07, 6.45) is -0.193. The second-order valence-electron chi connectivity index (χ2n) is 6.25. The second-order valence-corrected chi connectivity index (χ2v) is 6.25. The number of phenols is 1. The molecule has 24 heavy (non-hydrogen) atoms. The first-order valence-electron chi connectivity index (χ1n) is 8.10. The van der Waals surface area contributed by atoms with Gasteiger partial charge in [-0.2, -0.15) is 4.98 Å². The fourth-order valence-electron chi connectivity index (χ4n) is 2.71. The molecule has 1 aromatic carbocycles. The van der Waals surface area contributed by atoms with Crippen molar-refractivity contribution in [3.05, 3.63) is 35.5 Å². The molecule has 7 nitrogen and oxygen atoms in total. The normalized spacial score (nSPS) is 18.9. The number of morpholine rings is 1. The van der Waals surface area contributed by atoms with Crippen LogP contribution in [0.4, 0.5) is 0 Å². The number of ether oxygens (including phenoxy) is 2. The molecule has 1 saturated heterocycles. The first kappa shape index (κ1) is 16.7. The van der Waals surface area contributed by atoms with Crippen molar-refractivity contribution in [2.45, 2.75) is 32.4 Å². The van der Waals surface area contributed by atoms with Gasteiger partial charge in [0.25, 0.3) is 0 Å². The van der Waals surface area contributed by atoms with Crippen molar-refractivity contribution in [2.24, 2.45) is 0 Å². The third-order valence-corrected chi connectivity index (χ3v) is 4.04. The molecule has 1 aliphatic heterocycles.